The first-order chi connectivity index (χ1) is 10.0. The van der Waals surface area contributed by atoms with Crippen LogP contribution >= 0.6 is 0 Å². The number of ether oxygens (including phenoxy) is 1. The molecule has 0 amide bonds. The van der Waals surface area contributed by atoms with Crippen LogP contribution in [0.25, 0.3) is 0 Å². The van der Waals surface area contributed by atoms with E-state index >= 15 is 0 Å². The molecule has 110 valence electrons. The molecule has 7 heteroatoms. The minimum Gasteiger partial charge on any atom is -0.486 e. The molecule has 0 aliphatic carbocycles. The first-order valence-corrected chi connectivity index (χ1v) is 5.96. The zero-order chi connectivity index (χ0) is 15.4. The average molecular weight is 295 g/mol. The van der Waals surface area contributed by atoms with Crippen LogP contribution in [0, 0.1) is 21.7 Å². The quantitative estimate of drug-likeness (QED) is 0.680. The number of hydrogen-bond acceptors (Lipinski definition) is 4. The molecule has 0 bridgehead atoms. The maximum absolute atomic E-state index is 13.6. The SMILES string of the molecule is O=[N+]([O-])c1cc(F)c(OCc2ccc(CO)cc2)cc1F. The van der Waals surface area contributed by atoms with Crippen LogP contribution in [0.4, 0.5) is 14.5 Å². The lowest BCUT2D eigenvalue weighted by Crippen LogP contribution is -2.00. The molecule has 2 rings (SSSR count). The van der Waals surface area contributed by atoms with Crippen molar-refractivity contribution in [2.75, 3.05) is 0 Å². The predicted molar refractivity (Wildman–Crippen MR) is 69.7 cm³/mol. The summed E-state index contributed by atoms with van der Waals surface area (Å²) in [5, 5.41) is 19.4. The highest BCUT2D eigenvalue weighted by atomic mass is 19.1. The normalized spacial score (nSPS) is 10.4. The summed E-state index contributed by atoms with van der Waals surface area (Å²) in [5.41, 5.74) is 0.462. The Hall–Kier alpha value is -2.54. The van der Waals surface area contributed by atoms with E-state index in [0.717, 1.165) is 0 Å². The van der Waals surface area contributed by atoms with Crippen molar-refractivity contribution in [3.05, 3.63) is 69.3 Å². The predicted octanol–water partition coefficient (Wildman–Crippen LogP) is 2.94. The molecule has 0 aliphatic rings. The van der Waals surface area contributed by atoms with Gasteiger partial charge in [0.05, 0.1) is 17.6 Å². The third-order valence-corrected chi connectivity index (χ3v) is 2.80. The molecule has 2 aromatic carbocycles. The Labute approximate surface area is 118 Å². The van der Waals surface area contributed by atoms with Gasteiger partial charge in [-0.15, -0.1) is 0 Å². The Balaban J connectivity index is 2.12. The summed E-state index contributed by atoms with van der Waals surface area (Å²) in [6, 6.07) is 7.82. The van der Waals surface area contributed by atoms with E-state index in [1.807, 2.05) is 0 Å². The number of nitro groups is 1. The molecule has 21 heavy (non-hydrogen) atoms. The van der Waals surface area contributed by atoms with E-state index in [4.69, 9.17) is 9.84 Å². The number of nitrogens with zero attached hydrogens (tertiary/aromatic N) is 1. The fourth-order valence-electron chi connectivity index (χ4n) is 1.67. The van der Waals surface area contributed by atoms with Gasteiger partial charge in [0, 0.05) is 6.07 Å². The van der Waals surface area contributed by atoms with Crippen LogP contribution in [0.15, 0.2) is 36.4 Å². The van der Waals surface area contributed by atoms with Crippen molar-refractivity contribution in [3.63, 3.8) is 0 Å². The van der Waals surface area contributed by atoms with Gasteiger partial charge in [-0.05, 0) is 11.1 Å². The molecule has 0 atom stereocenters. The molecule has 0 radical (unpaired) electrons. The summed E-state index contributed by atoms with van der Waals surface area (Å²) in [4.78, 5) is 9.46. The summed E-state index contributed by atoms with van der Waals surface area (Å²) in [7, 11) is 0. The second-order valence-corrected chi connectivity index (χ2v) is 4.25. The highest BCUT2D eigenvalue weighted by Gasteiger charge is 2.19. The average Bonchev–Trinajstić information content (AvgIpc) is 2.48. The number of aliphatic hydroxyl groups is 1. The molecular weight excluding hydrogens is 284 g/mol. The smallest absolute Gasteiger partial charge is 0.307 e. The third-order valence-electron chi connectivity index (χ3n) is 2.80. The van der Waals surface area contributed by atoms with Crippen molar-refractivity contribution < 1.29 is 23.5 Å². The Kier molecular flexibility index (Phi) is 4.44. The first kappa shape index (κ1) is 14.9. The first-order valence-electron chi connectivity index (χ1n) is 5.96. The number of halogens is 2. The van der Waals surface area contributed by atoms with E-state index in [1.54, 1.807) is 24.3 Å². The fraction of sp³-hybridized carbons (Fsp3) is 0.143. The second kappa shape index (κ2) is 6.27. The van der Waals surface area contributed by atoms with Crippen molar-refractivity contribution >= 4 is 5.69 Å². The van der Waals surface area contributed by atoms with Crippen LogP contribution in [0.3, 0.4) is 0 Å². The van der Waals surface area contributed by atoms with Crippen LogP contribution in [-0.4, -0.2) is 10.0 Å². The fourth-order valence-corrected chi connectivity index (χ4v) is 1.67. The highest BCUT2D eigenvalue weighted by molar-refractivity contribution is 5.39. The standard InChI is InChI=1S/C14H11F2NO4/c15-11-6-14(12(16)5-13(11)17(19)20)21-8-10-3-1-9(7-18)2-4-10/h1-6,18H,7-8H2. The largest absolute Gasteiger partial charge is 0.486 e. The zero-order valence-electron chi connectivity index (χ0n) is 10.8. The van der Waals surface area contributed by atoms with Crippen molar-refractivity contribution in [3.8, 4) is 5.75 Å². The summed E-state index contributed by atoms with van der Waals surface area (Å²) >= 11 is 0. The molecule has 0 aromatic heterocycles. The van der Waals surface area contributed by atoms with Gasteiger partial charge in [0.1, 0.15) is 6.61 Å². The summed E-state index contributed by atoms with van der Waals surface area (Å²) in [6.07, 6.45) is 0. The van der Waals surface area contributed by atoms with Crippen molar-refractivity contribution in [2.24, 2.45) is 0 Å². The monoisotopic (exact) mass is 295 g/mol. The van der Waals surface area contributed by atoms with Crippen molar-refractivity contribution in [1.82, 2.24) is 0 Å². The molecule has 0 heterocycles. The number of nitro benzene ring substituents is 1. The summed E-state index contributed by atoms with van der Waals surface area (Å²) in [6.45, 7) is -0.122. The summed E-state index contributed by atoms with van der Waals surface area (Å²) < 4.78 is 32.1. The van der Waals surface area contributed by atoms with Crippen LogP contribution in [0.1, 0.15) is 11.1 Å². The molecule has 0 fully saturated rings. The Morgan fingerprint density at radius 3 is 2.29 bits per heavy atom. The van der Waals surface area contributed by atoms with Gasteiger partial charge in [-0.25, -0.2) is 4.39 Å². The van der Waals surface area contributed by atoms with Crippen LogP contribution in [0.5, 0.6) is 5.75 Å². The molecule has 2 aromatic rings. The Morgan fingerprint density at radius 1 is 1.10 bits per heavy atom. The highest BCUT2D eigenvalue weighted by Crippen LogP contribution is 2.27. The van der Waals surface area contributed by atoms with E-state index in [9.17, 15) is 18.9 Å². The van der Waals surface area contributed by atoms with E-state index < -0.39 is 28.0 Å². The van der Waals surface area contributed by atoms with Gasteiger partial charge in [0.15, 0.2) is 11.6 Å². The molecule has 0 saturated carbocycles. The third kappa shape index (κ3) is 3.51. The molecule has 0 spiro atoms. The van der Waals surface area contributed by atoms with Gasteiger partial charge in [-0.1, -0.05) is 24.3 Å². The van der Waals surface area contributed by atoms with Gasteiger partial charge < -0.3 is 9.84 Å². The lowest BCUT2D eigenvalue weighted by Gasteiger charge is -2.08. The maximum atomic E-state index is 13.6. The zero-order valence-corrected chi connectivity index (χ0v) is 10.8. The maximum Gasteiger partial charge on any atom is 0.307 e. The molecule has 0 unspecified atom stereocenters. The van der Waals surface area contributed by atoms with E-state index in [2.05, 4.69) is 0 Å². The Morgan fingerprint density at radius 2 is 1.71 bits per heavy atom. The van der Waals surface area contributed by atoms with Gasteiger partial charge in [-0.2, -0.15) is 4.39 Å². The van der Waals surface area contributed by atoms with Gasteiger partial charge in [0.2, 0.25) is 5.82 Å². The van der Waals surface area contributed by atoms with Crippen LogP contribution < -0.4 is 4.74 Å². The van der Waals surface area contributed by atoms with Crippen LogP contribution in [-0.2, 0) is 13.2 Å². The van der Waals surface area contributed by atoms with E-state index in [-0.39, 0.29) is 13.2 Å². The lowest BCUT2D eigenvalue weighted by molar-refractivity contribution is -0.387. The minimum absolute atomic E-state index is 0.0279. The van der Waals surface area contributed by atoms with Crippen molar-refractivity contribution in [2.45, 2.75) is 13.2 Å². The topological polar surface area (TPSA) is 72.6 Å². The van der Waals surface area contributed by atoms with E-state index in [1.165, 1.54) is 0 Å². The number of rotatable bonds is 5. The number of aliphatic hydroxyl groups excluding tert-OH is 1. The second-order valence-electron chi connectivity index (χ2n) is 4.25. The minimum atomic E-state index is -1.16. The molecular formula is C14H11F2NO4. The Bertz CT molecular complexity index is 659. The molecule has 5 nitrogen and oxygen atoms in total. The van der Waals surface area contributed by atoms with Crippen molar-refractivity contribution in [1.29, 1.82) is 0 Å². The van der Waals surface area contributed by atoms with Crippen LogP contribution in [0.2, 0.25) is 0 Å². The molecule has 1 N–H and O–H groups in total. The number of benzene rings is 2. The lowest BCUT2D eigenvalue weighted by atomic mass is 10.1. The van der Waals surface area contributed by atoms with E-state index in [0.29, 0.717) is 23.3 Å². The summed E-state index contributed by atoms with van der Waals surface area (Å²) in [5.74, 6) is -2.56. The van der Waals surface area contributed by atoms with Gasteiger partial charge in [0.25, 0.3) is 0 Å². The molecule has 0 saturated heterocycles. The molecule has 0 aliphatic heterocycles. The number of hydrogen-bond donors (Lipinski definition) is 1. The van der Waals surface area contributed by atoms with Gasteiger partial charge >= 0.3 is 5.69 Å². The van der Waals surface area contributed by atoms with Gasteiger partial charge in [-0.3, -0.25) is 10.1 Å².